The summed E-state index contributed by atoms with van der Waals surface area (Å²) in [6, 6.07) is 9.07. The lowest BCUT2D eigenvalue weighted by atomic mass is 10.1. The Hall–Kier alpha value is -2.08. The third-order valence-corrected chi connectivity index (χ3v) is 3.99. The van der Waals surface area contributed by atoms with Crippen LogP contribution in [0.25, 0.3) is 0 Å². The monoisotopic (exact) mass is 321 g/mol. The number of furan rings is 1. The lowest BCUT2D eigenvalue weighted by molar-refractivity contribution is 0.0950. The van der Waals surface area contributed by atoms with Crippen molar-refractivity contribution in [2.75, 3.05) is 26.5 Å². The van der Waals surface area contributed by atoms with Crippen LogP contribution in [-0.4, -0.2) is 32.4 Å². The predicted octanol–water partition coefficient (Wildman–Crippen LogP) is 2.96. The number of hydrogen-bond acceptors (Lipinski definition) is 5. The van der Waals surface area contributed by atoms with E-state index in [0.717, 1.165) is 17.3 Å². The van der Waals surface area contributed by atoms with E-state index >= 15 is 0 Å². The molecule has 0 atom stereocenters. The smallest absolute Gasteiger partial charge is 0.258 e. The van der Waals surface area contributed by atoms with Crippen molar-refractivity contribution in [1.82, 2.24) is 5.32 Å². The maximum Gasteiger partial charge on any atom is 0.258 e. The average Bonchev–Trinajstić information content (AvgIpc) is 3.06. The molecule has 2 rings (SSSR count). The quantitative estimate of drug-likeness (QED) is 0.758. The molecule has 1 N–H and O–H groups in total. The normalized spacial score (nSPS) is 10.3. The highest BCUT2D eigenvalue weighted by Crippen LogP contribution is 2.27. The number of rotatable bonds is 8. The molecule has 0 saturated heterocycles. The van der Waals surface area contributed by atoms with E-state index in [1.165, 1.54) is 14.2 Å². The Morgan fingerprint density at radius 1 is 1.18 bits per heavy atom. The van der Waals surface area contributed by atoms with Crippen LogP contribution in [0.1, 0.15) is 16.1 Å². The zero-order valence-corrected chi connectivity index (χ0v) is 13.4. The van der Waals surface area contributed by atoms with E-state index in [1.807, 2.05) is 12.1 Å². The molecule has 0 bridgehead atoms. The van der Waals surface area contributed by atoms with Gasteiger partial charge in [-0.15, -0.1) is 0 Å². The number of benzene rings is 1. The summed E-state index contributed by atoms with van der Waals surface area (Å²) in [6.07, 6.45) is 1.66. The molecule has 2 aromatic rings. The molecule has 1 aromatic carbocycles. The van der Waals surface area contributed by atoms with Crippen LogP contribution in [0.4, 0.5) is 0 Å². The molecule has 0 unspecified atom stereocenters. The molecule has 0 radical (unpaired) electrons. The maximum absolute atomic E-state index is 12.3. The first-order chi connectivity index (χ1) is 10.8. The summed E-state index contributed by atoms with van der Waals surface area (Å²) in [4.78, 5) is 12.3. The molecule has 0 spiro atoms. The third-order valence-electron chi connectivity index (χ3n) is 3.01. The molecular weight excluding hydrogens is 302 g/mol. The van der Waals surface area contributed by atoms with Gasteiger partial charge in [0.25, 0.3) is 5.91 Å². The highest BCUT2D eigenvalue weighted by molar-refractivity contribution is 7.98. The topological polar surface area (TPSA) is 60.7 Å². The van der Waals surface area contributed by atoms with Gasteiger partial charge in [-0.25, -0.2) is 0 Å². The highest BCUT2D eigenvalue weighted by atomic mass is 32.2. The van der Waals surface area contributed by atoms with E-state index < -0.39 is 0 Å². The third kappa shape index (κ3) is 4.21. The minimum Gasteiger partial charge on any atom is -0.496 e. The number of nitrogens with one attached hydrogen (secondary N) is 1. The van der Waals surface area contributed by atoms with Crippen LogP contribution in [0, 0.1) is 0 Å². The van der Waals surface area contributed by atoms with E-state index in [4.69, 9.17) is 13.9 Å². The van der Waals surface area contributed by atoms with Crippen LogP contribution >= 0.6 is 11.8 Å². The van der Waals surface area contributed by atoms with Crippen molar-refractivity contribution >= 4 is 17.7 Å². The van der Waals surface area contributed by atoms with Crippen LogP contribution in [0.2, 0.25) is 0 Å². The first-order valence-corrected chi connectivity index (χ1v) is 8.01. The lowest BCUT2D eigenvalue weighted by Crippen LogP contribution is -2.26. The molecule has 1 heterocycles. The van der Waals surface area contributed by atoms with Gasteiger partial charge in [-0.2, -0.15) is 11.8 Å². The Kier molecular flexibility index (Phi) is 6.21. The number of carbonyl (C=O) groups is 1. The number of methoxy groups -OCH3 is 2. The molecule has 0 aliphatic rings. The van der Waals surface area contributed by atoms with Crippen molar-refractivity contribution in [3.63, 3.8) is 0 Å². The van der Waals surface area contributed by atoms with Gasteiger partial charge in [0.15, 0.2) is 0 Å². The molecule has 0 saturated carbocycles. The summed E-state index contributed by atoms with van der Waals surface area (Å²) in [5.74, 6) is 3.32. The first kappa shape index (κ1) is 16.3. The largest absolute Gasteiger partial charge is 0.496 e. The van der Waals surface area contributed by atoms with Gasteiger partial charge < -0.3 is 19.2 Å². The number of hydrogen-bond donors (Lipinski definition) is 1. The summed E-state index contributed by atoms with van der Waals surface area (Å²) in [5.41, 5.74) is 0.420. The van der Waals surface area contributed by atoms with Crippen molar-refractivity contribution in [2.45, 2.75) is 5.75 Å². The maximum atomic E-state index is 12.3. The Balaban J connectivity index is 1.84. The summed E-state index contributed by atoms with van der Waals surface area (Å²) < 4.78 is 15.7. The summed E-state index contributed by atoms with van der Waals surface area (Å²) in [6.45, 7) is 0.561. The molecule has 1 amide bonds. The minimum absolute atomic E-state index is 0.201. The van der Waals surface area contributed by atoms with Gasteiger partial charge in [0.05, 0.1) is 26.2 Å². The molecule has 0 aliphatic heterocycles. The van der Waals surface area contributed by atoms with Crippen molar-refractivity contribution in [3.05, 3.63) is 47.9 Å². The summed E-state index contributed by atoms with van der Waals surface area (Å²) in [5, 5.41) is 2.88. The lowest BCUT2D eigenvalue weighted by Gasteiger charge is -2.12. The van der Waals surface area contributed by atoms with Crippen molar-refractivity contribution in [3.8, 4) is 11.5 Å². The molecule has 0 fully saturated rings. The van der Waals surface area contributed by atoms with Gasteiger partial charge in [-0.05, 0) is 24.3 Å². The molecule has 6 heteroatoms. The van der Waals surface area contributed by atoms with Gasteiger partial charge in [0, 0.05) is 12.3 Å². The summed E-state index contributed by atoms with van der Waals surface area (Å²) >= 11 is 1.70. The number of amides is 1. The second kappa shape index (κ2) is 8.38. The van der Waals surface area contributed by atoms with Crippen molar-refractivity contribution in [1.29, 1.82) is 0 Å². The fourth-order valence-corrected chi connectivity index (χ4v) is 2.72. The van der Waals surface area contributed by atoms with E-state index in [2.05, 4.69) is 5.32 Å². The van der Waals surface area contributed by atoms with Crippen LogP contribution in [0.3, 0.4) is 0 Å². The number of ether oxygens (including phenoxy) is 2. The number of carbonyl (C=O) groups excluding carboxylic acids is 1. The molecule has 118 valence electrons. The van der Waals surface area contributed by atoms with E-state index in [0.29, 0.717) is 23.6 Å². The predicted molar refractivity (Wildman–Crippen MR) is 86.7 cm³/mol. The second-order valence-corrected chi connectivity index (χ2v) is 5.53. The Morgan fingerprint density at radius 2 is 1.91 bits per heavy atom. The standard InChI is InChI=1S/C16H19NO4S/c1-19-13-6-3-7-14(20-2)15(13)16(18)17-8-10-22-11-12-5-4-9-21-12/h3-7,9H,8,10-11H2,1-2H3,(H,17,18). The van der Waals surface area contributed by atoms with E-state index in [9.17, 15) is 4.79 Å². The van der Waals surface area contributed by atoms with Gasteiger partial charge in [0.2, 0.25) is 0 Å². The van der Waals surface area contributed by atoms with Gasteiger partial charge in [0.1, 0.15) is 22.8 Å². The van der Waals surface area contributed by atoms with Crippen molar-refractivity contribution < 1.29 is 18.7 Å². The van der Waals surface area contributed by atoms with Gasteiger partial charge in [-0.1, -0.05) is 6.07 Å². The van der Waals surface area contributed by atoms with Crippen LogP contribution in [0.5, 0.6) is 11.5 Å². The van der Waals surface area contributed by atoms with E-state index in [1.54, 1.807) is 36.2 Å². The Morgan fingerprint density at radius 3 is 2.50 bits per heavy atom. The zero-order valence-electron chi connectivity index (χ0n) is 12.6. The second-order valence-electron chi connectivity index (χ2n) is 4.43. The molecule has 0 aliphatic carbocycles. The molecular formula is C16H19NO4S. The average molecular weight is 321 g/mol. The number of thioether (sulfide) groups is 1. The Bertz CT molecular complexity index is 576. The molecule has 5 nitrogen and oxygen atoms in total. The van der Waals surface area contributed by atoms with E-state index in [-0.39, 0.29) is 5.91 Å². The fraction of sp³-hybridized carbons (Fsp3) is 0.312. The first-order valence-electron chi connectivity index (χ1n) is 6.85. The van der Waals surface area contributed by atoms with Crippen LogP contribution < -0.4 is 14.8 Å². The van der Waals surface area contributed by atoms with Gasteiger partial charge >= 0.3 is 0 Å². The molecule has 1 aromatic heterocycles. The minimum atomic E-state index is -0.201. The van der Waals surface area contributed by atoms with Crippen LogP contribution in [-0.2, 0) is 5.75 Å². The Labute approximate surface area is 134 Å². The molecule has 22 heavy (non-hydrogen) atoms. The fourth-order valence-electron chi connectivity index (χ4n) is 1.97. The van der Waals surface area contributed by atoms with Gasteiger partial charge in [-0.3, -0.25) is 4.79 Å². The zero-order chi connectivity index (χ0) is 15.8. The highest BCUT2D eigenvalue weighted by Gasteiger charge is 2.17. The van der Waals surface area contributed by atoms with Crippen molar-refractivity contribution in [2.24, 2.45) is 0 Å². The van der Waals surface area contributed by atoms with Crippen LogP contribution in [0.15, 0.2) is 41.0 Å². The SMILES string of the molecule is COc1cccc(OC)c1C(=O)NCCSCc1ccco1. The summed E-state index contributed by atoms with van der Waals surface area (Å²) in [7, 11) is 3.07.